The van der Waals surface area contributed by atoms with Crippen molar-refractivity contribution in [2.24, 2.45) is 11.3 Å². The zero-order chi connectivity index (χ0) is 10.3. The van der Waals surface area contributed by atoms with Gasteiger partial charge in [-0.05, 0) is 33.1 Å². The van der Waals surface area contributed by atoms with Gasteiger partial charge in [-0.3, -0.25) is 9.59 Å². The molecule has 1 amide bonds. The lowest BCUT2D eigenvalue weighted by molar-refractivity contribution is -0.144. The summed E-state index contributed by atoms with van der Waals surface area (Å²) in [5.74, 6) is -0.143. The number of nitrogens with one attached hydrogen (secondary N) is 1. The monoisotopic (exact) mass is 193 g/mol. The van der Waals surface area contributed by atoms with E-state index in [-0.39, 0.29) is 17.6 Å². The molecular formula is C11H15NO2. The maximum atomic E-state index is 12.0. The lowest BCUT2D eigenvalue weighted by Crippen LogP contribution is -2.52. The Bertz CT molecular complexity index is 328. The van der Waals surface area contributed by atoms with Crippen LogP contribution < -0.4 is 5.32 Å². The molecule has 0 aromatic rings. The highest BCUT2D eigenvalue weighted by Gasteiger charge is 2.46. The van der Waals surface area contributed by atoms with Crippen LogP contribution >= 0.6 is 0 Å². The fourth-order valence-corrected chi connectivity index (χ4v) is 2.12. The van der Waals surface area contributed by atoms with Crippen LogP contribution in [-0.2, 0) is 9.59 Å². The third kappa shape index (κ3) is 1.19. The second kappa shape index (κ2) is 2.94. The summed E-state index contributed by atoms with van der Waals surface area (Å²) in [6.07, 6.45) is 4.89. The zero-order valence-electron chi connectivity index (χ0n) is 8.59. The summed E-state index contributed by atoms with van der Waals surface area (Å²) >= 11 is 0. The molecule has 1 saturated heterocycles. The molecule has 1 aliphatic heterocycles. The van der Waals surface area contributed by atoms with Gasteiger partial charge in [-0.15, -0.1) is 0 Å². The van der Waals surface area contributed by atoms with Crippen molar-refractivity contribution in [1.29, 1.82) is 0 Å². The van der Waals surface area contributed by atoms with Gasteiger partial charge < -0.3 is 5.32 Å². The molecule has 1 unspecified atom stereocenters. The predicted molar refractivity (Wildman–Crippen MR) is 52.4 cm³/mol. The van der Waals surface area contributed by atoms with Gasteiger partial charge in [-0.25, -0.2) is 0 Å². The summed E-state index contributed by atoms with van der Waals surface area (Å²) in [6, 6.07) is 0. The fraction of sp³-hybridized carbons (Fsp3) is 0.636. The van der Waals surface area contributed by atoms with E-state index in [0.29, 0.717) is 0 Å². The van der Waals surface area contributed by atoms with Crippen LogP contribution in [0.4, 0.5) is 0 Å². The minimum atomic E-state index is -0.848. The Balaban J connectivity index is 2.37. The van der Waals surface area contributed by atoms with Crippen LogP contribution in [0.1, 0.15) is 33.1 Å². The number of hydrogen-bond donors (Lipinski definition) is 1. The van der Waals surface area contributed by atoms with Crippen molar-refractivity contribution in [3.8, 4) is 0 Å². The third-order valence-electron chi connectivity index (χ3n) is 3.19. The van der Waals surface area contributed by atoms with Gasteiger partial charge in [0.2, 0.25) is 5.91 Å². The van der Waals surface area contributed by atoms with Crippen molar-refractivity contribution in [2.45, 2.75) is 33.1 Å². The van der Waals surface area contributed by atoms with Crippen molar-refractivity contribution in [3.63, 3.8) is 0 Å². The number of amides is 1. The van der Waals surface area contributed by atoms with E-state index in [0.717, 1.165) is 25.0 Å². The summed E-state index contributed by atoms with van der Waals surface area (Å²) in [4.78, 5) is 23.6. The number of carbonyl (C=O) groups excluding carboxylic acids is 2. The summed E-state index contributed by atoms with van der Waals surface area (Å²) < 4.78 is 0. The van der Waals surface area contributed by atoms with Crippen LogP contribution in [0.25, 0.3) is 0 Å². The Morgan fingerprint density at radius 3 is 2.86 bits per heavy atom. The quantitative estimate of drug-likeness (QED) is 0.591. The molecule has 1 atom stereocenters. The first-order valence-corrected chi connectivity index (χ1v) is 5.09. The molecule has 0 aromatic heterocycles. The van der Waals surface area contributed by atoms with Gasteiger partial charge in [-0.1, -0.05) is 6.08 Å². The summed E-state index contributed by atoms with van der Waals surface area (Å²) in [5.41, 5.74) is -0.00937. The minimum absolute atomic E-state index is 0.0588. The van der Waals surface area contributed by atoms with Crippen LogP contribution in [0, 0.1) is 11.3 Å². The van der Waals surface area contributed by atoms with Crippen LogP contribution in [-0.4, -0.2) is 11.7 Å². The van der Waals surface area contributed by atoms with Gasteiger partial charge in [-0.2, -0.15) is 0 Å². The molecule has 2 rings (SSSR count). The molecule has 1 aliphatic carbocycles. The van der Waals surface area contributed by atoms with Gasteiger partial charge in [0.05, 0.1) is 5.92 Å². The maximum Gasteiger partial charge on any atom is 0.237 e. The number of hydrogen-bond acceptors (Lipinski definition) is 2. The normalized spacial score (nSPS) is 30.4. The molecule has 76 valence electrons. The van der Waals surface area contributed by atoms with Gasteiger partial charge in [0.1, 0.15) is 5.41 Å². The topological polar surface area (TPSA) is 46.2 Å². The molecule has 1 fully saturated rings. The van der Waals surface area contributed by atoms with Crippen LogP contribution in [0.5, 0.6) is 0 Å². The van der Waals surface area contributed by atoms with Gasteiger partial charge in [0.15, 0.2) is 5.78 Å². The SMILES string of the molecule is CC1(C)C(=O)NC2=CCCCC2C1=O. The largest absolute Gasteiger partial charge is 0.329 e. The molecule has 1 N–H and O–H groups in total. The molecule has 3 nitrogen and oxygen atoms in total. The van der Waals surface area contributed by atoms with Crippen molar-refractivity contribution >= 4 is 11.7 Å². The average Bonchev–Trinajstić information content (AvgIpc) is 2.15. The number of Topliss-reactive ketones (excluding diaryl/α,β-unsaturated/α-hetero) is 1. The second-order valence-electron chi connectivity index (χ2n) is 4.59. The van der Waals surface area contributed by atoms with Gasteiger partial charge in [0, 0.05) is 5.70 Å². The number of carbonyl (C=O) groups is 2. The van der Waals surface area contributed by atoms with E-state index in [9.17, 15) is 9.59 Å². The van der Waals surface area contributed by atoms with Gasteiger partial charge >= 0.3 is 0 Å². The Morgan fingerprint density at radius 1 is 1.43 bits per heavy atom. The van der Waals surface area contributed by atoms with E-state index in [4.69, 9.17) is 0 Å². The Morgan fingerprint density at radius 2 is 2.14 bits per heavy atom. The predicted octanol–water partition coefficient (Wildman–Crippen LogP) is 1.40. The lowest BCUT2D eigenvalue weighted by atomic mass is 9.72. The smallest absolute Gasteiger partial charge is 0.237 e. The van der Waals surface area contributed by atoms with E-state index >= 15 is 0 Å². The Labute approximate surface area is 83.6 Å². The number of piperidine rings is 1. The van der Waals surface area contributed by atoms with E-state index in [1.807, 2.05) is 6.08 Å². The van der Waals surface area contributed by atoms with E-state index < -0.39 is 5.41 Å². The first-order chi connectivity index (χ1) is 6.53. The van der Waals surface area contributed by atoms with Crippen molar-refractivity contribution in [1.82, 2.24) is 5.32 Å². The Hall–Kier alpha value is -1.12. The molecule has 0 radical (unpaired) electrons. The van der Waals surface area contributed by atoms with E-state index in [1.54, 1.807) is 13.8 Å². The summed E-state index contributed by atoms with van der Waals surface area (Å²) in [7, 11) is 0. The molecule has 1 heterocycles. The molecule has 14 heavy (non-hydrogen) atoms. The highest BCUT2D eigenvalue weighted by molar-refractivity contribution is 6.10. The first-order valence-electron chi connectivity index (χ1n) is 5.09. The molecule has 0 aromatic carbocycles. The van der Waals surface area contributed by atoms with Crippen molar-refractivity contribution in [2.75, 3.05) is 0 Å². The summed E-state index contributed by atoms with van der Waals surface area (Å²) in [6.45, 7) is 3.41. The highest BCUT2D eigenvalue weighted by atomic mass is 16.2. The van der Waals surface area contributed by atoms with Crippen LogP contribution in [0.3, 0.4) is 0 Å². The number of rotatable bonds is 0. The highest BCUT2D eigenvalue weighted by Crippen LogP contribution is 2.35. The van der Waals surface area contributed by atoms with Crippen LogP contribution in [0.2, 0.25) is 0 Å². The minimum Gasteiger partial charge on any atom is -0.329 e. The average molecular weight is 193 g/mol. The third-order valence-corrected chi connectivity index (χ3v) is 3.19. The molecule has 0 saturated carbocycles. The Kier molecular flexibility index (Phi) is 1.98. The van der Waals surface area contributed by atoms with Gasteiger partial charge in [0.25, 0.3) is 0 Å². The lowest BCUT2D eigenvalue weighted by Gasteiger charge is -2.36. The number of fused-ring (bicyclic) bond motifs is 1. The van der Waals surface area contributed by atoms with Crippen molar-refractivity contribution in [3.05, 3.63) is 11.8 Å². The first kappa shape index (κ1) is 9.44. The van der Waals surface area contributed by atoms with E-state index in [2.05, 4.69) is 5.32 Å². The van der Waals surface area contributed by atoms with Crippen LogP contribution in [0.15, 0.2) is 11.8 Å². The molecule has 0 spiro atoms. The number of ketones is 1. The van der Waals surface area contributed by atoms with Crippen molar-refractivity contribution < 1.29 is 9.59 Å². The standard InChI is InChI=1S/C11H15NO2/c1-11(2)9(13)7-5-3-4-6-8(7)12-10(11)14/h6-7H,3-5H2,1-2H3,(H,12,14). The summed E-state index contributed by atoms with van der Waals surface area (Å²) in [5, 5.41) is 2.84. The molecule has 2 aliphatic rings. The zero-order valence-corrected chi connectivity index (χ0v) is 8.59. The fourth-order valence-electron chi connectivity index (χ4n) is 2.12. The molecule has 3 heteroatoms. The molecule has 0 bridgehead atoms. The number of allylic oxidation sites excluding steroid dienone is 2. The van der Waals surface area contributed by atoms with E-state index in [1.165, 1.54) is 0 Å². The molecular weight excluding hydrogens is 178 g/mol. The maximum absolute atomic E-state index is 12.0. The second-order valence-corrected chi connectivity index (χ2v) is 4.59.